The molecule has 0 spiro atoms. The minimum atomic E-state index is -0.467. The highest BCUT2D eigenvalue weighted by molar-refractivity contribution is 5.81. The Morgan fingerprint density at radius 2 is 2.05 bits per heavy atom. The normalized spacial score (nSPS) is 11.6. The molecule has 20 heavy (non-hydrogen) atoms. The zero-order valence-corrected chi connectivity index (χ0v) is 12.0. The highest BCUT2D eigenvalue weighted by atomic mass is 16.1. The molecule has 0 radical (unpaired) electrons. The van der Waals surface area contributed by atoms with Crippen LogP contribution in [0.3, 0.4) is 0 Å². The molecule has 0 aliphatic carbocycles. The molecule has 106 valence electrons. The van der Waals surface area contributed by atoms with Gasteiger partial charge >= 0.3 is 0 Å². The van der Waals surface area contributed by atoms with E-state index in [0.29, 0.717) is 13.0 Å². The van der Waals surface area contributed by atoms with Crippen LogP contribution in [0.4, 0.5) is 0 Å². The topological polar surface area (TPSA) is 68.0 Å². The molecule has 1 heterocycles. The lowest BCUT2D eigenvalue weighted by atomic mass is 10.0. The molecule has 0 atom stereocenters. The van der Waals surface area contributed by atoms with Gasteiger partial charge in [0.1, 0.15) is 0 Å². The number of benzene rings is 1. The van der Waals surface area contributed by atoms with E-state index in [2.05, 4.69) is 10.3 Å². The van der Waals surface area contributed by atoms with Crippen molar-refractivity contribution < 1.29 is 4.79 Å². The van der Waals surface area contributed by atoms with Crippen molar-refractivity contribution in [1.82, 2.24) is 10.3 Å². The highest BCUT2D eigenvalue weighted by Crippen LogP contribution is 2.16. The smallest absolute Gasteiger partial charge is 0.221 e. The van der Waals surface area contributed by atoms with Crippen LogP contribution in [0.2, 0.25) is 0 Å². The lowest BCUT2D eigenvalue weighted by Gasteiger charge is -2.17. The molecular formula is C16H21N3O. The van der Waals surface area contributed by atoms with Gasteiger partial charge in [-0.1, -0.05) is 24.3 Å². The van der Waals surface area contributed by atoms with E-state index < -0.39 is 5.54 Å². The predicted octanol–water partition coefficient (Wildman–Crippen LogP) is 2.02. The van der Waals surface area contributed by atoms with Crippen molar-refractivity contribution in [2.75, 3.05) is 6.54 Å². The molecule has 0 bridgehead atoms. The Bertz CT molecular complexity index is 597. The van der Waals surface area contributed by atoms with Crippen LogP contribution in [0, 0.1) is 0 Å². The summed E-state index contributed by atoms with van der Waals surface area (Å²) in [5.74, 6) is -0.00861. The SMILES string of the molecule is CC(C)(N)CC(=O)NCCc1cccc2cccnc12. The molecule has 4 nitrogen and oxygen atoms in total. The molecule has 3 N–H and O–H groups in total. The van der Waals surface area contributed by atoms with Crippen molar-refractivity contribution in [1.29, 1.82) is 0 Å². The third kappa shape index (κ3) is 4.03. The van der Waals surface area contributed by atoms with Gasteiger partial charge in [0.05, 0.1) is 5.52 Å². The first-order valence-electron chi connectivity index (χ1n) is 6.84. The Morgan fingerprint density at radius 3 is 2.80 bits per heavy atom. The number of carbonyl (C=O) groups excluding carboxylic acids is 1. The lowest BCUT2D eigenvalue weighted by molar-refractivity contribution is -0.121. The summed E-state index contributed by atoms with van der Waals surface area (Å²) >= 11 is 0. The van der Waals surface area contributed by atoms with E-state index in [1.165, 1.54) is 0 Å². The van der Waals surface area contributed by atoms with Gasteiger partial charge < -0.3 is 11.1 Å². The summed E-state index contributed by atoms with van der Waals surface area (Å²) < 4.78 is 0. The van der Waals surface area contributed by atoms with Crippen LogP contribution in [-0.2, 0) is 11.2 Å². The molecule has 1 aromatic heterocycles. The molecule has 2 rings (SSSR count). The molecule has 1 amide bonds. The molecule has 2 aromatic rings. The monoisotopic (exact) mass is 271 g/mol. The van der Waals surface area contributed by atoms with Gasteiger partial charge in [-0.15, -0.1) is 0 Å². The van der Waals surface area contributed by atoms with Gasteiger partial charge in [0.15, 0.2) is 0 Å². The zero-order valence-electron chi connectivity index (χ0n) is 12.0. The van der Waals surface area contributed by atoms with Crippen molar-refractivity contribution >= 4 is 16.8 Å². The Labute approximate surface area is 119 Å². The molecule has 0 saturated heterocycles. The van der Waals surface area contributed by atoms with Gasteiger partial charge in [0, 0.05) is 30.1 Å². The minimum absolute atomic E-state index is 0.00861. The van der Waals surface area contributed by atoms with Crippen LogP contribution in [0.15, 0.2) is 36.5 Å². The standard InChI is InChI=1S/C16H21N3O/c1-16(2,17)11-14(20)18-10-8-13-6-3-5-12-7-4-9-19-15(12)13/h3-7,9H,8,10-11,17H2,1-2H3,(H,18,20). The molecule has 0 saturated carbocycles. The van der Waals surface area contributed by atoms with Crippen molar-refractivity contribution in [3.05, 3.63) is 42.1 Å². The van der Waals surface area contributed by atoms with Crippen LogP contribution in [0.1, 0.15) is 25.8 Å². The fourth-order valence-electron chi connectivity index (χ4n) is 2.18. The molecule has 4 heteroatoms. The molecule has 0 aliphatic heterocycles. The maximum Gasteiger partial charge on any atom is 0.221 e. The number of carbonyl (C=O) groups is 1. The van der Waals surface area contributed by atoms with Gasteiger partial charge in [-0.05, 0) is 31.9 Å². The van der Waals surface area contributed by atoms with Crippen molar-refractivity contribution in [2.45, 2.75) is 32.2 Å². The van der Waals surface area contributed by atoms with Crippen LogP contribution in [-0.4, -0.2) is 23.0 Å². The quantitative estimate of drug-likeness (QED) is 0.874. The number of hydrogen-bond acceptors (Lipinski definition) is 3. The maximum absolute atomic E-state index is 11.7. The van der Waals surface area contributed by atoms with E-state index >= 15 is 0 Å². The molecular weight excluding hydrogens is 250 g/mol. The van der Waals surface area contributed by atoms with E-state index in [1.54, 1.807) is 6.20 Å². The van der Waals surface area contributed by atoms with Crippen LogP contribution in [0.25, 0.3) is 10.9 Å². The number of nitrogens with one attached hydrogen (secondary N) is 1. The minimum Gasteiger partial charge on any atom is -0.356 e. The third-order valence-corrected chi connectivity index (χ3v) is 3.05. The lowest BCUT2D eigenvalue weighted by Crippen LogP contribution is -2.39. The number of nitrogens with two attached hydrogens (primary N) is 1. The van der Waals surface area contributed by atoms with Crippen LogP contribution >= 0.6 is 0 Å². The second kappa shape index (κ2) is 6.01. The number of rotatable bonds is 5. The van der Waals surface area contributed by atoms with Crippen LogP contribution in [0.5, 0.6) is 0 Å². The summed E-state index contributed by atoms with van der Waals surface area (Å²) in [6.45, 7) is 4.30. The van der Waals surface area contributed by atoms with Crippen molar-refractivity contribution in [3.63, 3.8) is 0 Å². The van der Waals surface area contributed by atoms with Crippen molar-refractivity contribution in [2.24, 2.45) is 5.73 Å². The highest BCUT2D eigenvalue weighted by Gasteiger charge is 2.15. The fraction of sp³-hybridized carbons (Fsp3) is 0.375. The third-order valence-electron chi connectivity index (χ3n) is 3.05. The van der Waals surface area contributed by atoms with Gasteiger partial charge in [-0.25, -0.2) is 0 Å². The van der Waals surface area contributed by atoms with Gasteiger partial charge in [0.2, 0.25) is 5.91 Å². The number of nitrogens with zero attached hydrogens (tertiary/aromatic N) is 1. The average Bonchev–Trinajstić information content (AvgIpc) is 2.37. The maximum atomic E-state index is 11.7. The summed E-state index contributed by atoms with van der Waals surface area (Å²) in [5, 5.41) is 4.03. The van der Waals surface area contributed by atoms with Crippen molar-refractivity contribution in [3.8, 4) is 0 Å². The van der Waals surface area contributed by atoms with E-state index in [-0.39, 0.29) is 5.91 Å². The van der Waals surface area contributed by atoms with E-state index in [4.69, 9.17) is 5.73 Å². The summed E-state index contributed by atoms with van der Waals surface area (Å²) in [5.41, 5.74) is 7.51. The molecule has 0 aliphatic rings. The number of pyridine rings is 1. The number of fused-ring (bicyclic) bond motifs is 1. The second-order valence-corrected chi connectivity index (χ2v) is 5.76. The Balaban J connectivity index is 1.95. The Kier molecular flexibility index (Phi) is 4.35. The average molecular weight is 271 g/mol. The largest absolute Gasteiger partial charge is 0.356 e. The van der Waals surface area contributed by atoms with Crippen LogP contribution < -0.4 is 11.1 Å². The second-order valence-electron chi connectivity index (χ2n) is 5.76. The van der Waals surface area contributed by atoms with Gasteiger partial charge in [0.25, 0.3) is 0 Å². The summed E-state index contributed by atoms with van der Waals surface area (Å²) in [7, 11) is 0. The van der Waals surface area contributed by atoms with Gasteiger partial charge in [-0.2, -0.15) is 0 Å². The molecule has 0 fully saturated rings. The number of amides is 1. The Hall–Kier alpha value is -1.94. The first-order valence-corrected chi connectivity index (χ1v) is 6.84. The first-order chi connectivity index (χ1) is 9.46. The molecule has 0 unspecified atom stereocenters. The van der Waals surface area contributed by atoms with Gasteiger partial charge in [-0.3, -0.25) is 9.78 Å². The first kappa shape index (κ1) is 14.5. The number of hydrogen-bond donors (Lipinski definition) is 2. The number of aromatic nitrogens is 1. The zero-order chi connectivity index (χ0) is 14.6. The number of para-hydroxylation sites is 1. The summed E-state index contributed by atoms with van der Waals surface area (Å²) in [6, 6.07) is 10.1. The summed E-state index contributed by atoms with van der Waals surface area (Å²) in [6.07, 6.45) is 2.90. The van der Waals surface area contributed by atoms with E-state index in [0.717, 1.165) is 22.9 Å². The summed E-state index contributed by atoms with van der Waals surface area (Å²) in [4.78, 5) is 16.1. The molecule has 1 aromatic carbocycles. The van der Waals surface area contributed by atoms with E-state index in [1.807, 2.05) is 44.2 Å². The van der Waals surface area contributed by atoms with E-state index in [9.17, 15) is 4.79 Å². The fourth-order valence-corrected chi connectivity index (χ4v) is 2.18. The predicted molar refractivity (Wildman–Crippen MR) is 81.3 cm³/mol. The Morgan fingerprint density at radius 1 is 1.30 bits per heavy atom.